The Bertz CT molecular complexity index is 509. The highest BCUT2D eigenvalue weighted by atomic mass is 35.5. The quantitative estimate of drug-likeness (QED) is 0.699. The number of morpholine rings is 1. The average Bonchev–Trinajstić information content (AvgIpc) is 2.50. The molecule has 1 saturated heterocycles. The van der Waals surface area contributed by atoms with Crippen molar-refractivity contribution < 1.29 is 10.2 Å². The van der Waals surface area contributed by atoms with Crippen LogP contribution in [0.4, 0.5) is 0 Å². The summed E-state index contributed by atoms with van der Waals surface area (Å²) in [6.07, 6.45) is 3.76. The molecule has 4 nitrogen and oxygen atoms in total. The van der Waals surface area contributed by atoms with Crippen LogP contribution in [0.15, 0.2) is 18.2 Å². The van der Waals surface area contributed by atoms with Gasteiger partial charge in [0, 0.05) is 38.1 Å². The van der Waals surface area contributed by atoms with E-state index in [1.165, 1.54) is 24.8 Å². The van der Waals surface area contributed by atoms with Crippen molar-refractivity contribution in [1.82, 2.24) is 10.2 Å². The van der Waals surface area contributed by atoms with Crippen LogP contribution >= 0.6 is 48.0 Å². The van der Waals surface area contributed by atoms with Gasteiger partial charge in [-0.15, -0.1) is 24.8 Å². The van der Waals surface area contributed by atoms with Crippen molar-refractivity contribution in [3.8, 4) is 0 Å². The summed E-state index contributed by atoms with van der Waals surface area (Å²) in [4.78, 5) is 2.46. The molecule has 0 atom stereocenters. The van der Waals surface area contributed by atoms with Crippen molar-refractivity contribution in [2.45, 2.75) is 24.7 Å². The molecule has 0 unspecified atom stereocenters. The third kappa shape index (κ3) is 6.40. The van der Waals surface area contributed by atoms with E-state index in [1.54, 1.807) is 0 Å². The van der Waals surface area contributed by atoms with Crippen molar-refractivity contribution in [1.29, 1.82) is 0 Å². The molecule has 1 aromatic rings. The summed E-state index contributed by atoms with van der Waals surface area (Å²) in [5.74, 6) is 0. The first-order valence-electron chi connectivity index (χ1n) is 8.16. The molecule has 1 aromatic carbocycles. The highest BCUT2D eigenvalue weighted by Gasteiger charge is 2.38. The van der Waals surface area contributed by atoms with Crippen molar-refractivity contribution in [3.05, 3.63) is 33.8 Å². The number of hydrogen-bond donors (Lipinski definition) is 1. The van der Waals surface area contributed by atoms with Gasteiger partial charge in [0.15, 0.2) is 0 Å². The SMILES string of the molecule is Cl.Cl.Clc1ccc(C2(CNCCN3CCOCC3)CCC2)cc1Cl.O. The van der Waals surface area contributed by atoms with E-state index >= 15 is 0 Å². The molecule has 2 fully saturated rings. The zero-order chi connectivity index (χ0) is 15.4. The summed E-state index contributed by atoms with van der Waals surface area (Å²) in [5.41, 5.74) is 1.58. The Morgan fingerprint density at radius 3 is 2.32 bits per heavy atom. The number of hydrogen-bond acceptors (Lipinski definition) is 3. The first-order valence-corrected chi connectivity index (χ1v) is 8.92. The van der Waals surface area contributed by atoms with Crippen LogP contribution in [0.25, 0.3) is 0 Å². The Hall–Kier alpha value is 0.220. The molecule has 3 rings (SSSR count). The summed E-state index contributed by atoms with van der Waals surface area (Å²) >= 11 is 12.2. The van der Waals surface area contributed by atoms with E-state index in [4.69, 9.17) is 27.9 Å². The topological polar surface area (TPSA) is 56.0 Å². The zero-order valence-electron chi connectivity index (χ0n) is 14.2. The zero-order valence-corrected chi connectivity index (χ0v) is 17.4. The maximum atomic E-state index is 6.19. The number of ether oxygens (including phenoxy) is 1. The second kappa shape index (κ2) is 11.8. The van der Waals surface area contributed by atoms with E-state index in [-0.39, 0.29) is 35.7 Å². The van der Waals surface area contributed by atoms with Gasteiger partial charge in [0.25, 0.3) is 0 Å². The second-order valence-corrected chi connectivity index (χ2v) is 7.21. The van der Waals surface area contributed by atoms with Gasteiger partial charge in [0.2, 0.25) is 0 Å². The van der Waals surface area contributed by atoms with Crippen LogP contribution in [0.5, 0.6) is 0 Å². The molecule has 1 heterocycles. The highest BCUT2D eigenvalue weighted by Crippen LogP contribution is 2.44. The Balaban J connectivity index is 0.00000192. The highest BCUT2D eigenvalue weighted by molar-refractivity contribution is 6.42. The fourth-order valence-electron chi connectivity index (χ4n) is 3.39. The van der Waals surface area contributed by atoms with Gasteiger partial charge < -0.3 is 15.5 Å². The summed E-state index contributed by atoms with van der Waals surface area (Å²) in [6, 6.07) is 6.11. The molecule has 1 aliphatic heterocycles. The van der Waals surface area contributed by atoms with Gasteiger partial charge in [0.1, 0.15) is 0 Å². The third-order valence-corrected chi connectivity index (χ3v) is 5.75. The van der Waals surface area contributed by atoms with E-state index < -0.39 is 0 Å². The van der Waals surface area contributed by atoms with Crippen LogP contribution in [0.2, 0.25) is 10.0 Å². The Labute approximate surface area is 172 Å². The van der Waals surface area contributed by atoms with Crippen LogP contribution in [0.3, 0.4) is 0 Å². The minimum absolute atomic E-state index is 0. The predicted octanol–water partition coefficient (Wildman–Crippen LogP) is 3.36. The maximum Gasteiger partial charge on any atom is 0.0595 e. The molecule has 2 aliphatic rings. The van der Waals surface area contributed by atoms with E-state index in [9.17, 15) is 0 Å². The smallest absolute Gasteiger partial charge is 0.0595 e. The lowest BCUT2D eigenvalue weighted by molar-refractivity contribution is 0.0381. The van der Waals surface area contributed by atoms with Gasteiger partial charge in [-0.3, -0.25) is 4.90 Å². The molecule has 1 aliphatic carbocycles. The predicted molar refractivity (Wildman–Crippen MR) is 110 cm³/mol. The monoisotopic (exact) mass is 432 g/mol. The molecule has 1 saturated carbocycles. The number of halogens is 4. The molecule has 0 spiro atoms. The number of nitrogens with one attached hydrogen (secondary N) is 1. The standard InChI is InChI=1S/C17H24Cl2N2O.2ClH.H2O/c18-15-3-2-14(12-16(15)19)17(4-1-5-17)13-20-6-7-21-8-10-22-11-9-21;;;/h2-3,12,20H,1,4-11,13H2;2*1H;1H2. The van der Waals surface area contributed by atoms with Gasteiger partial charge in [-0.05, 0) is 30.5 Å². The van der Waals surface area contributed by atoms with E-state index in [2.05, 4.69) is 16.3 Å². The Morgan fingerprint density at radius 2 is 1.76 bits per heavy atom. The molecule has 8 heteroatoms. The van der Waals surface area contributed by atoms with Crippen LogP contribution in [0, 0.1) is 0 Å². The van der Waals surface area contributed by atoms with E-state index in [0.717, 1.165) is 45.9 Å². The van der Waals surface area contributed by atoms with Crippen molar-refractivity contribution in [2.75, 3.05) is 45.9 Å². The summed E-state index contributed by atoms with van der Waals surface area (Å²) in [7, 11) is 0. The van der Waals surface area contributed by atoms with Crippen molar-refractivity contribution in [3.63, 3.8) is 0 Å². The lowest BCUT2D eigenvalue weighted by atomic mass is 9.64. The van der Waals surface area contributed by atoms with Crippen LogP contribution in [0.1, 0.15) is 24.8 Å². The molecule has 3 N–H and O–H groups in total. The molecule has 0 aromatic heterocycles. The average molecular weight is 434 g/mol. The second-order valence-electron chi connectivity index (χ2n) is 6.39. The Kier molecular flexibility index (Phi) is 11.9. The molecule has 0 bridgehead atoms. The number of nitrogens with zero attached hydrogens (tertiary/aromatic N) is 1. The molecular formula is C17H28Cl4N2O2. The van der Waals surface area contributed by atoms with Crippen LogP contribution < -0.4 is 5.32 Å². The van der Waals surface area contributed by atoms with Crippen LogP contribution in [-0.2, 0) is 10.2 Å². The number of rotatable bonds is 6. The number of benzene rings is 1. The molecule has 146 valence electrons. The van der Waals surface area contributed by atoms with Gasteiger partial charge in [-0.25, -0.2) is 0 Å². The fraction of sp³-hybridized carbons (Fsp3) is 0.647. The molecular weight excluding hydrogens is 406 g/mol. The van der Waals surface area contributed by atoms with E-state index in [0.29, 0.717) is 10.0 Å². The third-order valence-electron chi connectivity index (χ3n) is 5.01. The Morgan fingerprint density at radius 1 is 1.08 bits per heavy atom. The minimum Gasteiger partial charge on any atom is -0.412 e. The van der Waals surface area contributed by atoms with Gasteiger partial charge in [0.05, 0.1) is 23.3 Å². The van der Waals surface area contributed by atoms with Gasteiger partial charge in [-0.1, -0.05) is 35.7 Å². The molecule has 0 amide bonds. The lowest BCUT2D eigenvalue weighted by Crippen LogP contribution is -2.46. The largest absolute Gasteiger partial charge is 0.412 e. The molecule has 25 heavy (non-hydrogen) atoms. The van der Waals surface area contributed by atoms with E-state index in [1.807, 2.05) is 12.1 Å². The normalized spacial score (nSPS) is 19.0. The molecule has 0 radical (unpaired) electrons. The van der Waals surface area contributed by atoms with Crippen molar-refractivity contribution >= 4 is 48.0 Å². The first-order chi connectivity index (χ1) is 10.7. The fourth-order valence-corrected chi connectivity index (χ4v) is 3.68. The minimum atomic E-state index is 0. The maximum absolute atomic E-state index is 6.19. The summed E-state index contributed by atoms with van der Waals surface area (Å²) in [6.45, 7) is 7.00. The lowest BCUT2D eigenvalue weighted by Gasteiger charge is -2.43. The van der Waals surface area contributed by atoms with Crippen molar-refractivity contribution in [2.24, 2.45) is 0 Å². The van der Waals surface area contributed by atoms with Crippen LogP contribution in [-0.4, -0.2) is 56.3 Å². The summed E-state index contributed by atoms with van der Waals surface area (Å²) < 4.78 is 5.38. The first kappa shape index (κ1) is 25.2. The summed E-state index contributed by atoms with van der Waals surface area (Å²) in [5, 5.41) is 4.95. The van der Waals surface area contributed by atoms with Gasteiger partial charge >= 0.3 is 0 Å². The van der Waals surface area contributed by atoms with Gasteiger partial charge in [-0.2, -0.15) is 0 Å².